The van der Waals surface area contributed by atoms with Gasteiger partial charge in [-0.05, 0) is 31.9 Å². The summed E-state index contributed by atoms with van der Waals surface area (Å²) in [6.07, 6.45) is 1.54. The smallest absolute Gasteiger partial charge is 0.255 e. The van der Waals surface area contributed by atoms with Gasteiger partial charge in [0.25, 0.3) is 5.91 Å². The van der Waals surface area contributed by atoms with Crippen molar-refractivity contribution in [3.05, 3.63) is 29.8 Å². The summed E-state index contributed by atoms with van der Waals surface area (Å²) < 4.78 is 25.9. The Morgan fingerprint density at radius 2 is 1.91 bits per heavy atom. The summed E-state index contributed by atoms with van der Waals surface area (Å²) in [6, 6.07) is 6.83. The quantitative estimate of drug-likeness (QED) is 0.861. The number of nitrogens with zero attached hydrogens (tertiary/aromatic N) is 1. The maximum Gasteiger partial charge on any atom is 0.255 e. The normalized spacial score (nSPS) is 16.0. The first-order valence-corrected chi connectivity index (χ1v) is 8.72. The molecule has 1 fully saturated rings. The van der Waals surface area contributed by atoms with E-state index < -0.39 is 10.0 Å². The number of hydrogen-bond acceptors (Lipinski definition) is 4. The Morgan fingerprint density at radius 1 is 1.32 bits per heavy atom. The second-order valence-electron chi connectivity index (χ2n) is 5.18. The molecule has 1 aliphatic heterocycles. The van der Waals surface area contributed by atoms with Crippen LogP contribution in [0.3, 0.4) is 0 Å². The minimum absolute atomic E-state index is 0. The average Bonchev–Trinajstić information content (AvgIpc) is 2.47. The van der Waals surface area contributed by atoms with E-state index in [2.05, 4.69) is 4.72 Å². The van der Waals surface area contributed by atoms with E-state index in [1.54, 1.807) is 36.1 Å². The molecule has 0 radical (unpaired) electrons. The topological polar surface area (TPSA) is 92.5 Å². The van der Waals surface area contributed by atoms with Crippen LogP contribution in [0.4, 0.5) is 5.69 Å². The number of halogens is 1. The second-order valence-corrected chi connectivity index (χ2v) is 7.19. The first kappa shape index (κ1) is 18.7. The zero-order valence-electron chi connectivity index (χ0n) is 12.5. The number of carbonyl (C=O) groups is 1. The molecule has 0 saturated carbocycles. The highest BCUT2D eigenvalue weighted by atomic mass is 35.5. The molecule has 1 amide bonds. The summed E-state index contributed by atoms with van der Waals surface area (Å²) in [7, 11) is -3.41. The summed E-state index contributed by atoms with van der Waals surface area (Å²) in [5.41, 5.74) is 6.55. The van der Waals surface area contributed by atoms with Crippen LogP contribution in [0.15, 0.2) is 24.3 Å². The van der Waals surface area contributed by atoms with Gasteiger partial charge in [-0.1, -0.05) is 12.1 Å². The molecule has 22 heavy (non-hydrogen) atoms. The van der Waals surface area contributed by atoms with Gasteiger partial charge in [-0.15, -0.1) is 12.4 Å². The number of likely N-dealkylation sites (tertiary alicyclic amines) is 1. The fourth-order valence-corrected chi connectivity index (χ4v) is 2.93. The number of carbonyl (C=O) groups excluding carboxylic acids is 1. The average molecular weight is 348 g/mol. The Bertz CT molecular complexity index is 614. The van der Waals surface area contributed by atoms with Crippen LogP contribution in [0.1, 0.15) is 30.1 Å². The van der Waals surface area contributed by atoms with Gasteiger partial charge in [-0.3, -0.25) is 9.52 Å². The van der Waals surface area contributed by atoms with Crippen molar-refractivity contribution in [1.29, 1.82) is 0 Å². The summed E-state index contributed by atoms with van der Waals surface area (Å²) in [4.78, 5) is 14.3. The van der Waals surface area contributed by atoms with Crippen LogP contribution in [-0.4, -0.2) is 44.1 Å². The second kappa shape index (κ2) is 7.80. The van der Waals surface area contributed by atoms with E-state index in [0.29, 0.717) is 24.3 Å². The first-order chi connectivity index (χ1) is 9.93. The Kier molecular flexibility index (Phi) is 6.65. The van der Waals surface area contributed by atoms with Gasteiger partial charge in [-0.2, -0.15) is 0 Å². The Labute approximate surface area is 137 Å². The van der Waals surface area contributed by atoms with E-state index in [1.807, 2.05) is 0 Å². The van der Waals surface area contributed by atoms with Crippen LogP contribution in [0, 0.1) is 0 Å². The number of benzene rings is 1. The lowest BCUT2D eigenvalue weighted by molar-refractivity contribution is 0.0716. The summed E-state index contributed by atoms with van der Waals surface area (Å²) in [5, 5.41) is 0. The summed E-state index contributed by atoms with van der Waals surface area (Å²) in [6.45, 7) is 2.77. The molecule has 0 spiro atoms. The molecule has 3 N–H and O–H groups in total. The lowest BCUT2D eigenvalue weighted by Crippen LogP contribution is -2.43. The highest BCUT2D eigenvalue weighted by Crippen LogP contribution is 2.20. The van der Waals surface area contributed by atoms with Crippen LogP contribution in [0.2, 0.25) is 0 Å². The molecule has 2 rings (SSSR count). The van der Waals surface area contributed by atoms with Crippen molar-refractivity contribution in [3.8, 4) is 0 Å². The van der Waals surface area contributed by atoms with E-state index in [0.717, 1.165) is 12.8 Å². The van der Waals surface area contributed by atoms with Gasteiger partial charge in [0.05, 0.1) is 17.0 Å². The van der Waals surface area contributed by atoms with E-state index in [1.165, 1.54) is 0 Å². The standard InChI is InChI=1S/C14H21N3O3S.ClH/c1-2-21(19,20)16-13-6-4-3-5-12(13)14(18)17-9-7-11(15)8-10-17;/h3-6,11,16H,2,7-10,15H2,1H3;1H. The van der Waals surface area contributed by atoms with Crippen molar-refractivity contribution in [1.82, 2.24) is 4.90 Å². The molecule has 0 aliphatic carbocycles. The van der Waals surface area contributed by atoms with E-state index in [4.69, 9.17) is 5.73 Å². The molecule has 1 aromatic rings. The zero-order chi connectivity index (χ0) is 15.5. The molecular weight excluding hydrogens is 326 g/mol. The van der Waals surface area contributed by atoms with Gasteiger partial charge in [0, 0.05) is 19.1 Å². The van der Waals surface area contributed by atoms with Crippen molar-refractivity contribution < 1.29 is 13.2 Å². The minimum atomic E-state index is -3.41. The first-order valence-electron chi connectivity index (χ1n) is 7.07. The predicted octanol–water partition coefficient (Wildman–Crippen LogP) is 1.43. The third-order valence-corrected chi connectivity index (χ3v) is 4.92. The summed E-state index contributed by atoms with van der Waals surface area (Å²) >= 11 is 0. The van der Waals surface area contributed by atoms with Crippen LogP contribution < -0.4 is 10.5 Å². The maximum absolute atomic E-state index is 12.6. The Hall–Kier alpha value is -1.31. The molecule has 0 bridgehead atoms. The molecule has 6 nitrogen and oxygen atoms in total. The third-order valence-electron chi connectivity index (χ3n) is 3.63. The number of hydrogen-bond donors (Lipinski definition) is 2. The number of para-hydroxylation sites is 1. The molecule has 0 unspecified atom stereocenters. The monoisotopic (exact) mass is 347 g/mol. The van der Waals surface area contributed by atoms with Crippen molar-refractivity contribution >= 4 is 34.0 Å². The molecule has 0 atom stereocenters. The molecule has 0 aromatic heterocycles. The SMILES string of the molecule is CCS(=O)(=O)Nc1ccccc1C(=O)N1CCC(N)CC1.Cl. The van der Waals surface area contributed by atoms with Crippen LogP contribution in [0.5, 0.6) is 0 Å². The van der Waals surface area contributed by atoms with Gasteiger partial charge in [0.15, 0.2) is 0 Å². The lowest BCUT2D eigenvalue weighted by atomic mass is 10.0. The molecule has 1 saturated heterocycles. The van der Waals surface area contributed by atoms with Gasteiger partial charge in [-0.25, -0.2) is 8.42 Å². The van der Waals surface area contributed by atoms with Crippen molar-refractivity contribution in [2.45, 2.75) is 25.8 Å². The Morgan fingerprint density at radius 3 is 2.50 bits per heavy atom. The predicted molar refractivity (Wildman–Crippen MR) is 89.9 cm³/mol. The number of amides is 1. The highest BCUT2D eigenvalue weighted by molar-refractivity contribution is 7.92. The van der Waals surface area contributed by atoms with Crippen LogP contribution >= 0.6 is 12.4 Å². The van der Waals surface area contributed by atoms with E-state index in [9.17, 15) is 13.2 Å². The molecule has 124 valence electrons. The van der Waals surface area contributed by atoms with E-state index >= 15 is 0 Å². The van der Waals surface area contributed by atoms with Crippen LogP contribution in [-0.2, 0) is 10.0 Å². The van der Waals surface area contributed by atoms with Gasteiger partial charge in [0.2, 0.25) is 10.0 Å². The summed E-state index contributed by atoms with van der Waals surface area (Å²) in [5.74, 6) is -0.190. The molecule has 1 heterocycles. The van der Waals surface area contributed by atoms with Crippen molar-refractivity contribution in [2.24, 2.45) is 5.73 Å². The largest absolute Gasteiger partial charge is 0.338 e. The fourth-order valence-electron chi connectivity index (χ4n) is 2.27. The minimum Gasteiger partial charge on any atom is -0.338 e. The highest BCUT2D eigenvalue weighted by Gasteiger charge is 2.24. The number of rotatable bonds is 4. The van der Waals surface area contributed by atoms with Gasteiger partial charge in [0.1, 0.15) is 0 Å². The van der Waals surface area contributed by atoms with Crippen molar-refractivity contribution in [2.75, 3.05) is 23.6 Å². The number of sulfonamides is 1. The zero-order valence-corrected chi connectivity index (χ0v) is 14.1. The van der Waals surface area contributed by atoms with Gasteiger partial charge < -0.3 is 10.6 Å². The molecular formula is C14H22ClN3O3S. The molecule has 8 heteroatoms. The number of nitrogens with two attached hydrogens (primary N) is 1. The lowest BCUT2D eigenvalue weighted by Gasteiger charge is -2.30. The fraction of sp³-hybridized carbons (Fsp3) is 0.500. The Balaban J connectivity index is 0.00000242. The number of nitrogens with one attached hydrogen (secondary N) is 1. The number of anilines is 1. The molecule has 1 aromatic carbocycles. The molecule has 1 aliphatic rings. The van der Waals surface area contributed by atoms with Crippen molar-refractivity contribution in [3.63, 3.8) is 0 Å². The van der Waals surface area contributed by atoms with E-state index in [-0.39, 0.29) is 30.1 Å². The third kappa shape index (κ3) is 4.59. The maximum atomic E-state index is 12.6. The van der Waals surface area contributed by atoms with Crippen LogP contribution in [0.25, 0.3) is 0 Å². The number of piperidine rings is 1. The van der Waals surface area contributed by atoms with Gasteiger partial charge >= 0.3 is 0 Å².